The SMILES string of the molecule is Cc1ccc(Br)cc1NC(=O)C1CCSC1. The number of carbonyl (C=O) groups excluding carboxylic acids is 1. The Morgan fingerprint density at radius 1 is 1.56 bits per heavy atom. The number of rotatable bonds is 2. The van der Waals surface area contributed by atoms with Crippen LogP contribution in [0.2, 0.25) is 0 Å². The second-order valence-electron chi connectivity index (χ2n) is 4.01. The van der Waals surface area contributed by atoms with E-state index in [0.29, 0.717) is 0 Å². The van der Waals surface area contributed by atoms with Crippen molar-refractivity contribution in [3.8, 4) is 0 Å². The molecule has 1 aromatic rings. The normalized spacial score (nSPS) is 19.8. The number of hydrogen-bond acceptors (Lipinski definition) is 2. The van der Waals surface area contributed by atoms with Crippen molar-refractivity contribution < 1.29 is 4.79 Å². The highest BCUT2D eigenvalue weighted by atomic mass is 79.9. The first-order valence-corrected chi connectivity index (χ1v) is 7.26. The third-order valence-corrected chi connectivity index (χ3v) is 4.41. The van der Waals surface area contributed by atoms with Gasteiger partial charge in [-0.15, -0.1) is 0 Å². The van der Waals surface area contributed by atoms with Crippen LogP contribution in [0, 0.1) is 12.8 Å². The molecule has 0 radical (unpaired) electrons. The smallest absolute Gasteiger partial charge is 0.228 e. The van der Waals surface area contributed by atoms with Crippen molar-refractivity contribution >= 4 is 39.3 Å². The van der Waals surface area contributed by atoms with Crippen LogP contribution in [-0.4, -0.2) is 17.4 Å². The van der Waals surface area contributed by atoms with Gasteiger partial charge < -0.3 is 5.32 Å². The molecule has 1 fully saturated rings. The first-order chi connectivity index (χ1) is 7.66. The van der Waals surface area contributed by atoms with E-state index in [4.69, 9.17) is 0 Å². The number of amides is 1. The molecule has 0 bridgehead atoms. The minimum atomic E-state index is 0.159. The second kappa shape index (κ2) is 5.23. The molecule has 1 aliphatic rings. The van der Waals surface area contributed by atoms with E-state index in [1.807, 2.05) is 36.9 Å². The summed E-state index contributed by atoms with van der Waals surface area (Å²) < 4.78 is 0.995. The molecule has 1 aliphatic heterocycles. The van der Waals surface area contributed by atoms with Gasteiger partial charge in [0.1, 0.15) is 0 Å². The molecule has 1 N–H and O–H groups in total. The third kappa shape index (κ3) is 2.80. The van der Waals surface area contributed by atoms with E-state index in [1.165, 1.54) is 0 Å². The van der Waals surface area contributed by atoms with Gasteiger partial charge in [-0.05, 0) is 36.8 Å². The molecule has 0 aromatic heterocycles. The second-order valence-corrected chi connectivity index (χ2v) is 6.07. The van der Waals surface area contributed by atoms with Gasteiger partial charge in [-0.2, -0.15) is 11.8 Å². The largest absolute Gasteiger partial charge is 0.326 e. The zero-order valence-corrected chi connectivity index (χ0v) is 11.5. The number of nitrogens with one attached hydrogen (secondary N) is 1. The molecule has 2 rings (SSSR count). The number of aryl methyl sites for hydroxylation is 1. The maximum Gasteiger partial charge on any atom is 0.228 e. The summed E-state index contributed by atoms with van der Waals surface area (Å²) in [6.45, 7) is 2.01. The Balaban J connectivity index is 2.07. The monoisotopic (exact) mass is 299 g/mol. The maximum absolute atomic E-state index is 11.9. The molecule has 16 heavy (non-hydrogen) atoms. The summed E-state index contributed by atoms with van der Waals surface area (Å²) in [5, 5.41) is 3.01. The van der Waals surface area contributed by atoms with Gasteiger partial charge in [0.15, 0.2) is 0 Å². The highest BCUT2D eigenvalue weighted by molar-refractivity contribution is 9.10. The van der Waals surface area contributed by atoms with E-state index in [9.17, 15) is 4.79 Å². The van der Waals surface area contributed by atoms with Gasteiger partial charge >= 0.3 is 0 Å². The Labute approximate surface area is 108 Å². The van der Waals surface area contributed by atoms with Gasteiger partial charge in [-0.3, -0.25) is 4.79 Å². The highest BCUT2D eigenvalue weighted by Crippen LogP contribution is 2.26. The van der Waals surface area contributed by atoms with E-state index in [0.717, 1.165) is 33.7 Å². The molecule has 1 atom stereocenters. The first kappa shape index (κ1) is 12.0. The zero-order valence-electron chi connectivity index (χ0n) is 9.13. The molecule has 0 saturated carbocycles. The van der Waals surface area contributed by atoms with Crippen molar-refractivity contribution in [2.45, 2.75) is 13.3 Å². The predicted molar refractivity (Wildman–Crippen MR) is 72.9 cm³/mol. The number of carbonyl (C=O) groups is 1. The van der Waals surface area contributed by atoms with Crippen LogP contribution in [0.15, 0.2) is 22.7 Å². The van der Waals surface area contributed by atoms with Crippen LogP contribution < -0.4 is 5.32 Å². The topological polar surface area (TPSA) is 29.1 Å². The minimum Gasteiger partial charge on any atom is -0.326 e. The van der Waals surface area contributed by atoms with E-state index in [-0.39, 0.29) is 11.8 Å². The summed E-state index contributed by atoms with van der Waals surface area (Å²) in [5.74, 6) is 2.41. The molecular weight excluding hydrogens is 286 g/mol. The van der Waals surface area contributed by atoms with Crippen LogP contribution in [0.1, 0.15) is 12.0 Å². The Morgan fingerprint density at radius 3 is 3.06 bits per heavy atom. The highest BCUT2D eigenvalue weighted by Gasteiger charge is 2.23. The summed E-state index contributed by atoms with van der Waals surface area (Å²) in [5.41, 5.74) is 2.01. The minimum absolute atomic E-state index is 0.159. The molecule has 0 aliphatic carbocycles. The summed E-state index contributed by atoms with van der Waals surface area (Å²) >= 11 is 5.27. The third-order valence-electron chi connectivity index (χ3n) is 2.76. The molecule has 4 heteroatoms. The number of benzene rings is 1. The predicted octanol–water partition coefficient (Wildman–Crippen LogP) is 3.45. The van der Waals surface area contributed by atoms with Gasteiger partial charge in [0, 0.05) is 21.8 Å². The fourth-order valence-electron chi connectivity index (χ4n) is 1.70. The number of hydrogen-bond donors (Lipinski definition) is 1. The standard InChI is InChI=1S/C12H14BrNOS/c1-8-2-3-10(13)6-11(8)14-12(15)9-4-5-16-7-9/h2-3,6,9H,4-5,7H2,1H3,(H,14,15). The average molecular weight is 300 g/mol. The van der Waals surface area contributed by atoms with Crippen molar-refractivity contribution in [3.05, 3.63) is 28.2 Å². The Morgan fingerprint density at radius 2 is 2.38 bits per heavy atom. The van der Waals surface area contributed by atoms with Gasteiger partial charge in [-0.1, -0.05) is 22.0 Å². The Hall–Kier alpha value is -0.480. The van der Waals surface area contributed by atoms with E-state index in [2.05, 4.69) is 21.2 Å². The summed E-state index contributed by atoms with van der Waals surface area (Å²) in [4.78, 5) is 11.9. The van der Waals surface area contributed by atoms with Gasteiger partial charge in [0.05, 0.1) is 0 Å². The number of thioether (sulfide) groups is 1. The lowest BCUT2D eigenvalue weighted by molar-refractivity contribution is -0.119. The molecule has 1 unspecified atom stereocenters. The van der Waals surface area contributed by atoms with Gasteiger partial charge in [0.25, 0.3) is 0 Å². The van der Waals surface area contributed by atoms with Crippen LogP contribution in [0.25, 0.3) is 0 Å². The van der Waals surface area contributed by atoms with E-state index >= 15 is 0 Å². The zero-order chi connectivity index (χ0) is 11.5. The molecule has 1 heterocycles. The van der Waals surface area contributed by atoms with Crippen LogP contribution in [0.4, 0.5) is 5.69 Å². The van der Waals surface area contributed by atoms with Crippen molar-refractivity contribution in [1.82, 2.24) is 0 Å². The molecule has 0 spiro atoms. The molecule has 86 valence electrons. The van der Waals surface area contributed by atoms with Crippen LogP contribution in [-0.2, 0) is 4.79 Å². The van der Waals surface area contributed by atoms with Crippen LogP contribution in [0.3, 0.4) is 0 Å². The Bertz CT molecular complexity index is 402. The number of anilines is 1. The van der Waals surface area contributed by atoms with Crippen molar-refractivity contribution in [2.24, 2.45) is 5.92 Å². The van der Waals surface area contributed by atoms with Crippen LogP contribution >= 0.6 is 27.7 Å². The fraction of sp³-hybridized carbons (Fsp3) is 0.417. The van der Waals surface area contributed by atoms with E-state index < -0.39 is 0 Å². The average Bonchev–Trinajstić information content (AvgIpc) is 2.76. The quantitative estimate of drug-likeness (QED) is 0.906. The molecule has 1 amide bonds. The number of halogens is 1. The van der Waals surface area contributed by atoms with Crippen molar-refractivity contribution in [3.63, 3.8) is 0 Å². The van der Waals surface area contributed by atoms with Gasteiger partial charge in [0.2, 0.25) is 5.91 Å². The lowest BCUT2D eigenvalue weighted by Crippen LogP contribution is -2.22. The molecule has 2 nitrogen and oxygen atoms in total. The Kier molecular flexibility index (Phi) is 3.92. The lowest BCUT2D eigenvalue weighted by atomic mass is 10.1. The van der Waals surface area contributed by atoms with Gasteiger partial charge in [-0.25, -0.2) is 0 Å². The van der Waals surface area contributed by atoms with E-state index in [1.54, 1.807) is 0 Å². The summed E-state index contributed by atoms with van der Waals surface area (Å²) in [6, 6.07) is 5.94. The lowest BCUT2D eigenvalue weighted by Gasteiger charge is -2.12. The molecule has 1 saturated heterocycles. The molecular formula is C12H14BrNOS. The van der Waals surface area contributed by atoms with Crippen molar-refractivity contribution in [1.29, 1.82) is 0 Å². The summed E-state index contributed by atoms with van der Waals surface area (Å²) in [6.07, 6.45) is 1.00. The fourth-order valence-corrected chi connectivity index (χ4v) is 3.29. The first-order valence-electron chi connectivity index (χ1n) is 5.31. The summed E-state index contributed by atoms with van der Waals surface area (Å²) in [7, 11) is 0. The van der Waals surface area contributed by atoms with Crippen molar-refractivity contribution in [2.75, 3.05) is 16.8 Å². The van der Waals surface area contributed by atoms with Crippen LogP contribution in [0.5, 0.6) is 0 Å². The molecule has 1 aromatic carbocycles. The maximum atomic E-state index is 11.9.